The third kappa shape index (κ3) is 3.30. The van der Waals surface area contributed by atoms with Crippen molar-refractivity contribution < 1.29 is 4.42 Å². The molecule has 1 heterocycles. The first-order valence-corrected chi connectivity index (χ1v) is 7.63. The number of nitriles is 1. The van der Waals surface area contributed by atoms with E-state index in [-0.39, 0.29) is 5.54 Å². The summed E-state index contributed by atoms with van der Waals surface area (Å²) in [6, 6.07) is 6.43. The molecule has 3 nitrogen and oxygen atoms in total. The van der Waals surface area contributed by atoms with Crippen LogP contribution in [0.3, 0.4) is 0 Å². The lowest BCUT2D eigenvalue weighted by Gasteiger charge is -2.36. The van der Waals surface area contributed by atoms with Gasteiger partial charge in [0.25, 0.3) is 0 Å². The number of thioether (sulfide) groups is 1. The number of nitrogens with zero attached hydrogens (tertiary/aromatic N) is 1. The molecule has 2 rings (SSSR count). The Hall–Kier alpha value is -0.920. The molecule has 0 bridgehead atoms. The van der Waals surface area contributed by atoms with Crippen molar-refractivity contribution in [1.82, 2.24) is 5.32 Å². The second kappa shape index (κ2) is 6.31. The van der Waals surface area contributed by atoms with E-state index >= 15 is 0 Å². The second-order valence-electron chi connectivity index (χ2n) is 4.83. The van der Waals surface area contributed by atoms with Crippen LogP contribution in [0.2, 0.25) is 0 Å². The highest BCUT2D eigenvalue weighted by atomic mass is 32.2. The molecular formula is C14H20N2OS. The van der Waals surface area contributed by atoms with E-state index in [1.165, 1.54) is 6.42 Å². The smallest absolute Gasteiger partial charge is 0.113 e. The lowest BCUT2D eigenvalue weighted by atomic mass is 9.82. The van der Waals surface area contributed by atoms with E-state index in [1.54, 1.807) is 6.26 Å². The van der Waals surface area contributed by atoms with E-state index in [1.807, 2.05) is 23.9 Å². The Balaban J connectivity index is 1.88. The van der Waals surface area contributed by atoms with Crippen molar-refractivity contribution in [2.24, 2.45) is 0 Å². The molecule has 1 aromatic rings. The Labute approximate surface area is 113 Å². The van der Waals surface area contributed by atoms with Crippen molar-refractivity contribution in [3.63, 3.8) is 0 Å². The van der Waals surface area contributed by atoms with Gasteiger partial charge in [-0.2, -0.15) is 17.0 Å². The summed E-state index contributed by atoms with van der Waals surface area (Å²) in [4.78, 5) is 0. The summed E-state index contributed by atoms with van der Waals surface area (Å²) in [6.45, 7) is 2.93. The van der Waals surface area contributed by atoms with E-state index in [0.717, 1.165) is 37.3 Å². The van der Waals surface area contributed by atoms with Crippen LogP contribution in [0.1, 0.15) is 38.4 Å². The summed E-state index contributed by atoms with van der Waals surface area (Å²) in [5, 5.41) is 13.3. The Kier molecular flexibility index (Phi) is 4.73. The van der Waals surface area contributed by atoms with E-state index in [9.17, 15) is 5.26 Å². The maximum atomic E-state index is 9.40. The molecule has 1 aliphatic carbocycles. The van der Waals surface area contributed by atoms with Gasteiger partial charge in [0, 0.05) is 5.25 Å². The molecule has 1 aromatic heterocycles. The molecule has 0 amide bonds. The van der Waals surface area contributed by atoms with Crippen LogP contribution in [0.4, 0.5) is 0 Å². The highest BCUT2D eigenvalue weighted by Gasteiger charge is 2.35. The molecule has 1 saturated carbocycles. The van der Waals surface area contributed by atoms with Crippen LogP contribution in [0, 0.1) is 11.3 Å². The summed E-state index contributed by atoms with van der Waals surface area (Å²) < 4.78 is 5.35. The van der Waals surface area contributed by atoms with E-state index in [0.29, 0.717) is 5.25 Å². The summed E-state index contributed by atoms with van der Waals surface area (Å²) in [5.74, 6) is 1.93. The van der Waals surface area contributed by atoms with Crippen LogP contribution in [0.5, 0.6) is 0 Å². The topological polar surface area (TPSA) is 49.0 Å². The van der Waals surface area contributed by atoms with Crippen LogP contribution in [0.25, 0.3) is 0 Å². The highest BCUT2D eigenvalue weighted by molar-refractivity contribution is 7.99. The minimum absolute atomic E-state index is 0.298. The van der Waals surface area contributed by atoms with Gasteiger partial charge >= 0.3 is 0 Å². The third-order valence-electron chi connectivity index (χ3n) is 3.48. The van der Waals surface area contributed by atoms with Gasteiger partial charge < -0.3 is 4.42 Å². The molecule has 2 atom stereocenters. The average molecular weight is 264 g/mol. The van der Waals surface area contributed by atoms with Gasteiger partial charge in [-0.05, 0) is 44.4 Å². The van der Waals surface area contributed by atoms with E-state index < -0.39 is 0 Å². The largest absolute Gasteiger partial charge is 0.468 e. The Morgan fingerprint density at radius 2 is 2.56 bits per heavy atom. The molecule has 4 heteroatoms. The highest BCUT2D eigenvalue weighted by Crippen LogP contribution is 2.36. The van der Waals surface area contributed by atoms with Crippen LogP contribution in [-0.2, 0) is 5.75 Å². The lowest BCUT2D eigenvalue weighted by molar-refractivity contribution is 0.309. The van der Waals surface area contributed by atoms with Crippen molar-refractivity contribution in [3.05, 3.63) is 24.2 Å². The fraction of sp³-hybridized carbons (Fsp3) is 0.643. The molecule has 0 aliphatic heterocycles. The number of hydrogen-bond acceptors (Lipinski definition) is 4. The summed E-state index contributed by atoms with van der Waals surface area (Å²) >= 11 is 1.91. The summed E-state index contributed by atoms with van der Waals surface area (Å²) in [6.07, 6.45) is 5.99. The maximum Gasteiger partial charge on any atom is 0.113 e. The maximum absolute atomic E-state index is 9.40. The van der Waals surface area contributed by atoms with Gasteiger partial charge in [-0.15, -0.1) is 0 Å². The van der Waals surface area contributed by atoms with Crippen molar-refractivity contribution in [3.8, 4) is 6.07 Å². The van der Waals surface area contributed by atoms with Crippen LogP contribution in [-0.4, -0.2) is 17.3 Å². The summed E-state index contributed by atoms with van der Waals surface area (Å²) in [5.41, 5.74) is -0.298. The number of rotatable bonds is 5. The Morgan fingerprint density at radius 3 is 3.22 bits per heavy atom. The molecule has 0 saturated heterocycles. The average Bonchev–Trinajstić information content (AvgIpc) is 2.90. The van der Waals surface area contributed by atoms with E-state index in [4.69, 9.17) is 4.42 Å². The van der Waals surface area contributed by atoms with Crippen LogP contribution >= 0.6 is 11.8 Å². The standard InChI is InChI=1S/C14H20N2OS/c1-2-16-14(11-15)7-3-6-13(9-14)18-10-12-5-4-8-17-12/h4-5,8,13,16H,2-3,6-7,9-10H2,1H3. The summed E-state index contributed by atoms with van der Waals surface area (Å²) in [7, 11) is 0. The molecule has 2 unspecified atom stereocenters. The molecule has 1 aliphatic rings. The van der Waals surface area contributed by atoms with Gasteiger partial charge in [-0.1, -0.05) is 6.92 Å². The normalized spacial score (nSPS) is 27.9. The molecular weight excluding hydrogens is 244 g/mol. The molecule has 0 spiro atoms. The van der Waals surface area contributed by atoms with Gasteiger partial charge in [0.2, 0.25) is 0 Å². The minimum Gasteiger partial charge on any atom is -0.468 e. The zero-order valence-electron chi connectivity index (χ0n) is 10.8. The zero-order chi connectivity index (χ0) is 12.8. The quantitative estimate of drug-likeness (QED) is 0.886. The van der Waals surface area contributed by atoms with Crippen molar-refractivity contribution in [2.75, 3.05) is 6.54 Å². The van der Waals surface area contributed by atoms with E-state index in [2.05, 4.69) is 18.3 Å². The molecule has 98 valence electrons. The monoisotopic (exact) mass is 264 g/mol. The van der Waals surface area contributed by atoms with Gasteiger partial charge in [-0.25, -0.2) is 0 Å². The van der Waals surface area contributed by atoms with Crippen molar-refractivity contribution in [2.45, 2.75) is 49.1 Å². The predicted octanol–water partition coefficient (Wildman–Crippen LogP) is 3.33. The van der Waals surface area contributed by atoms with Crippen molar-refractivity contribution in [1.29, 1.82) is 5.26 Å². The van der Waals surface area contributed by atoms with Crippen LogP contribution < -0.4 is 5.32 Å². The number of furan rings is 1. The minimum atomic E-state index is -0.298. The van der Waals surface area contributed by atoms with Gasteiger partial charge in [0.1, 0.15) is 11.3 Å². The number of nitrogens with one attached hydrogen (secondary N) is 1. The first-order valence-electron chi connectivity index (χ1n) is 6.58. The van der Waals surface area contributed by atoms with Gasteiger partial charge in [0.15, 0.2) is 0 Å². The van der Waals surface area contributed by atoms with Gasteiger partial charge in [0.05, 0.1) is 18.1 Å². The number of hydrogen-bond donors (Lipinski definition) is 1. The zero-order valence-corrected chi connectivity index (χ0v) is 11.6. The van der Waals surface area contributed by atoms with Crippen molar-refractivity contribution >= 4 is 11.8 Å². The third-order valence-corrected chi connectivity index (χ3v) is 4.80. The van der Waals surface area contributed by atoms with Gasteiger partial charge in [-0.3, -0.25) is 5.32 Å². The predicted molar refractivity (Wildman–Crippen MR) is 74.3 cm³/mol. The molecule has 18 heavy (non-hydrogen) atoms. The molecule has 0 radical (unpaired) electrons. The SMILES string of the molecule is CCNC1(C#N)CCCC(SCc2ccco2)C1. The Morgan fingerprint density at radius 1 is 1.67 bits per heavy atom. The molecule has 0 aromatic carbocycles. The second-order valence-corrected chi connectivity index (χ2v) is 6.12. The van der Waals surface area contributed by atoms with Crippen LogP contribution in [0.15, 0.2) is 22.8 Å². The lowest BCUT2D eigenvalue weighted by Crippen LogP contribution is -2.48. The fourth-order valence-corrected chi connectivity index (χ4v) is 3.90. The fourth-order valence-electron chi connectivity index (χ4n) is 2.60. The molecule has 1 fully saturated rings. The first-order chi connectivity index (χ1) is 8.78. The Bertz CT molecular complexity index is 394. The first kappa shape index (κ1) is 13.5. The molecule has 1 N–H and O–H groups in total.